The third kappa shape index (κ3) is 17.5. The first-order valence-electron chi connectivity index (χ1n) is 9.15. The minimum absolute atomic E-state index is 0.196. The molecule has 0 bridgehead atoms. The molecule has 1 N–H and O–H groups in total. The van der Waals surface area contributed by atoms with Crippen LogP contribution in [0, 0.1) is 0 Å². The second kappa shape index (κ2) is 13.1. The molecule has 0 aromatic heterocycles. The third-order valence-electron chi connectivity index (χ3n) is 4.02. The van der Waals surface area contributed by atoms with E-state index in [1.54, 1.807) is 0 Å². The van der Waals surface area contributed by atoms with E-state index < -0.39 is 10.1 Å². The van der Waals surface area contributed by atoms with Gasteiger partial charge in [0.15, 0.2) is 0 Å². The highest BCUT2D eigenvalue weighted by atomic mass is 32.2. The van der Waals surface area contributed by atoms with Gasteiger partial charge in [-0.2, -0.15) is 8.42 Å². The van der Waals surface area contributed by atoms with E-state index in [2.05, 4.69) is 45.9 Å². The summed E-state index contributed by atoms with van der Waals surface area (Å²) in [5.74, 6) is -0.196. The van der Waals surface area contributed by atoms with Crippen LogP contribution >= 0.6 is 0 Å². The van der Waals surface area contributed by atoms with Crippen LogP contribution < -0.4 is 0 Å². The lowest BCUT2D eigenvalue weighted by Crippen LogP contribution is -2.02. The highest BCUT2D eigenvalue weighted by molar-refractivity contribution is 7.85. The van der Waals surface area contributed by atoms with Crippen molar-refractivity contribution in [3.63, 3.8) is 0 Å². The van der Waals surface area contributed by atoms with Crippen LogP contribution in [0.1, 0.15) is 79.6 Å². The molecule has 0 aliphatic rings. The van der Waals surface area contributed by atoms with Crippen molar-refractivity contribution in [3.8, 4) is 0 Å². The van der Waals surface area contributed by atoms with E-state index in [4.69, 9.17) is 4.55 Å². The molecule has 3 nitrogen and oxygen atoms in total. The van der Waals surface area contributed by atoms with Gasteiger partial charge in [0.05, 0.1) is 5.75 Å². The van der Waals surface area contributed by atoms with Gasteiger partial charge in [-0.3, -0.25) is 4.55 Å². The summed E-state index contributed by atoms with van der Waals surface area (Å²) in [5, 5.41) is 0. The molecule has 0 aromatic carbocycles. The van der Waals surface area contributed by atoms with Crippen molar-refractivity contribution in [1.29, 1.82) is 0 Å². The van der Waals surface area contributed by atoms with Gasteiger partial charge in [0.2, 0.25) is 0 Å². The first kappa shape index (κ1) is 23.9. The standard InChI is InChI=1S/C21H36O3S/c1-18(2)10-6-11-19(3)12-7-13-20(4)14-8-15-21(5)16-9-17-25(22,23)24/h10,12,14,16H,6-9,11,13,15,17H2,1-5H3,(H,22,23,24)/b19-12+,20-14+,21-16+. The zero-order valence-electron chi connectivity index (χ0n) is 16.6. The number of hydrogen-bond donors (Lipinski definition) is 1. The minimum atomic E-state index is -3.85. The maximum Gasteiger partial charge on any atom is 0.265 e. The molecule has 0 aromatic rings. The summed E-state index contributed by atoms with van der Waals surface area (Å²) in [6, 6.07) is 0. The van der Waals surface area contributed by atoms with Crippen molar-refractivity contribution < 1.29 is 13.0 Å². The molecular weight excluding hydrogens is 332 g/mol. The van der Waals surface area contributed by atoms with Gasteiger partial charge in [-0.15, -0.1) is 0 Å². The summed E-state index contributed by atoms with van der Waals surface area (Å²) in [5.41, 5.74) is 5.42. The molecule has 0 saturated heterocycles. The summed E-state index contributed by atoms with van der Waals surface area (Å²) >= 11 is 0. The van der Waals surface area contributed by atoms with Crippen LogP contribution in [0.25, 0.3) is 0 Å². The van der Waals surface area contributed by atoms with Gasteiger partial charge in [0.25, 0.3) is 10.1 Å². The quantitative estimate of drug-likeness (QED) is 0.320. The van der Waals surface area contributed by atoms with Crippen LogP contribution in [0.4, 0.5) is 0 Å². The van der Waals surface area contributed by atoms with E-state index in [0.717, 1.165) is 38.5 Å². The Kier molecular flexibility index (Phi) is 12.5. The highest BCUT2D eigenvalue weighted by Gasteiger charge is 2.01. The average Bonchev–Trinajstić information content (AvgIpc) is 2.45. The van der Waals surface area contributed by atoms with Crippen LogP contribution in [0.5, 0.6) is 0 Å². The molecule has 0 amide bonds. The summed E-state index contributed by atoms with van der Waals surface area (Å²) in [4.78, 5) is 0. The molecule has 0 radical (unpaired) electrons. The zero-order chi connectivity index (χ0) is 19.3. The van der Waals surface area contributed by atoms with Crippen LogP contribution in [0.2, 0.25) is 0 Å². The van der Waals surface area contributed by atoms with E-state index in [0.29, 0.717) is 6.42 Å². The zero-order valence-corrected chi connectivity index (χ0v) is 17.5. The Morgan fingerprint density at radius 2 is 1.04 bits per heavy atom. The highest BCUT2D eigenvalue weighted by Crippen LogP contribution is 2.13. The predicted octanol–water partition coefficient (Wildman–Crippen LogP) is 6.41. The lowest BCUT2D eigenvalue weighted by Gasteiger charge is -2.02. The van der Waals surface area contributed by atoms with E-state index in [1.165, 1.54) is 22.3 Å². The van der Waals surface area contributed by atoms with Gasteiger partial charge < -0.3 is 0 Å². The SMILES string of the molecule is CC(C)=CCC/C(C)=C/CC/C(C)=C/CC/C(C)=C/CCS(=O)(=O)O. The largest absolute Gasteiger partial charge is 0.286 e. The van der Waals surface area contributed by atoms with Gasteiger partial charge in [-0.05, 0) is 79.6 Å². The van der Waals surface area contributed by atoms with Crippen molar-refractivity contribution in [2.75, 3.05) is 5.75 Å². The molecule has 0 fully saturated rings. The van der Waals surface area contributed by atoms with E-state index in [9.17, 15) is 8.42 Å². The summed E-state index contributed by atoms with van der Waals surface area (Å²) < 4.78 is 30.0. The fourth-order valence-electron chi connectivity index (χ4n) is 2.44. The normalized spacial score (nSPS) is 13.9. The van der Waals surface area contributed by atoms with Crippen molar-refractivity contribution in [2.24, 2.45) is 0 Å². The van der Waals surface area contributed by atoms with Gasteiger partial charge >= 0.3 is 0 Å². The lowest BCUT2D eigenvalue weighted by molar-refractivity contribution is 0.483. The Bertz CT molecular complexity index is 601. The van der Waals surface area contributed by atoms with Crippen molar-refractivity contribution in [1.82, 2.24) is 0 Å². The summed E-state index contributed by atoms with van der Waals surface area (Å²) in [6.45, 7) is 10.7. The molecule has 0 atom stereocenters. The van der Waals surface area contributed by atoms with Gasteiger partial charge in [-0.1, -0.05) is 46.6 Å². The second-order valence-corrected chi connectivity index (χ2v) is 8.70. The molecule has 0 aliphatic carbocycles. The summed E-state index contributed by atoms with van der Waals surface area (Å²) in [7, 11) is -3.85. The fraction of sp³-hybridized carbons (Fsp3) is 0.619. The van der Waals surface area contributed by atoms with Crippen LogP contribution in [0.15, 0.2) is 46.6 Å². The molecule has 0 aliphatic heterocycles. The topological polar surface area (TPSA) is 54.4 Å². The smallest absolute Gasteiger partial charge is 0.265 e. The van der Waals surface area contributed by atoms with Gasteiger partial charge in [0.1, 0.15) is 0 Å². The monoisotopic (exact) mass is 368 g/mol. The summed E-state index contributed by atoms with van der Waals surface area (Å²) in [6.07, 6.45) is 15.5. The Morgan fingerprint density at radius 1 is 0.680 bits per heavy atom. The molecule has 0 saturated carbocycles. The number of allylic oxidation sites excluding steroid dienone is 8. The molecule has 0 heterocycles. The molecular formula is C21H36O3S. The number of hydrogen-bond acceptors (Lipinski definition) is 2. The predicted molar refractivity (Wildman–Crippen MR) is 109 cm³/mol. The minimum Gasteiger partial charge on any atom is -0.286 e. The lowest BCUT2D eigenvalue weighted by atomic mass is 10.0. The van der Waals surface area contributed by atoms with E-state index >= 15 is 0 Å². The Morgan fingerprint density at radius 3 is 1.40 bits per heavy atom. The fourth-order valence-corrected chi connectivity index (χ4v) is 2.86. The second-order valence-electron chi connectivity index (χ2n) is 7.12. The van der Waals surface area contributed by atoms with E-state index in [1.807, 2.05) is 13.0 Å². The van der Waals surface area contributed by atoms with Crippen LogP contribution in [-0.4, -0.2) is 18.7 Å². The first-order chi connectivity index (χ1) is 11.6. The molecule has 0 spiro atoms. The Hall–Kier alpha value is -1.13. The average molecular weight is 369 g/mol. The van der Waals surface area contributed by atoms with Crippen molar-refractivity contribution >= 4 is 10.1 Å². The molecule has 25 heavy (non-hydrogen) atoms. The first-order valence-corrected chi connectivity index (χ1v) is 10.8. The van der Waals surface area contributed by atoms with Crippen molar-refractivity contribution in [3.05, 3.63) is 46.6 Å². The Balaban J connectivity index is 4.05. The third-order valence-corrected chi connectivity index (χ3v) is 4.77. The molecule has 4 heteroatoms. The maximum atomic E-state index is 10.7. The van der Waals surface area contributed by atoms with Gasteiger partial charge in [-0.25, -0.2) is 0 Å². The van der Waals surface area contributed by atoms with Gasteiger partial charge in [0, 0.05) is 0 Å². The molecule has 0 rings (SSSR count). The van der Waals surface area contributed by atoms with Crippen LogP contribution in [-0.2, 0) is 10.1 Å². The Labute approximate surface area is 155 Å². The number of rotatable bonds is 12. The van der Waals surface area contributed by atoms with Crippen molar-refractivity contribution in [2.45, 2.75) is 79.6 Å². The van der Waals surface area contributed by atoms with Crippen LogP contribution in [0.3, 0.4) is 0 Å². The molecule has 144 valence electrons. The maximum absolute atomic E-state index is 10.7. The van der Waals surface area contributed by atoms with E-state index in [-0.39, 0.29) is 5.75 Å². The molecule has 0 unspecified atom stereocenters.